The van der Waals surface area contributed by atoms with Crippen LogP contribution in [0.25, 0.3) is 0 Å². The molecular weight excluding hydrogens is 508 g/mol. The minimum absolute atomic E-state index is 0.112. The number of hydrogen-bond acceptors (Lipinski definition) is 4. The van der Waals surface area contributed by atoms with Gasteiger partial charge in [0.25, 0.3) is 6.47 Å². The number of anilines is 1. The minimum atomic E-state index is -4.51. The van der Waals surface area contributed by atoms with Crippen LogP contribution >= 0.6 is 23.2 Å². The van der Waals surface area contributed by atoms with E-state index >= 15 is 0 Å². The lowest BCUT2D eigenvalue weighted by atomic mass is 10.1. The summed E-state index contributed by atoms with van der Waals surface area (Å²) in [6.07, 6.45) is -3.65. The third-order valence-corrected chi connectivity index (χ3v) is 5.18. The predicted molar refractivity (Wildman–Crippen MR) is 130 cm³/mol. The number of alkyl halides is 3. The van der Waals surface area contributed by atoms with Gasteiger partial charge in [0, 0.05) is 23.7 Å². The zero-order chi connectivity index (χ0) is 26.4. The van der Waals surface area contributed by atoms with Gasteiger partial charge in [0.15, 0.2) is 0 Å². The number of carbonyl (C=O) groups is 2. The number of ether oxygens (including phenoxy) is 1. The smallest absolute Gasteiger partial charge is 0.416 e. The largest absolute Gasteiger partial charge is 0.492 e. The minimum Gasteiger partial charge on any atom is -0.492 e. The van der Waals surface area contributed by atoms with Gasteiger partial charge in [-0.3, -0.25) is 9.59 Å². The molecule has 2 rings (SSSR count). The van der Waals surface area contributed by atoms with Gasteiger partial charge in [-0.25, -0.2) is 0 Å². The monoisotopic (exact) mass is 532 g/mol. The van der Waals surface area contributed by atoms with Crippen molar-refractivity contribution in [2.45, 2.75) is 26.4 Å². The normalized spacial score (nSPS) is 10.5. The topological polar surface area (TPSA) is 78.9 Å². The maximum absolute atomic E-state index is 12.7. The van der Waals surface area contributed by atoms with Gasteiger partial charge in [0.2, 0.25) is 0 Å². The van der Waals surface area contributed by atoms with Crippen LogP contribution in [0.5, 0.6) is 5.75 Å². The van der Waals surface area contributed by atoms with E-state index in [1.54, 1.807) is 12.1 Å². The van der Waals surface area contributed by atoms with Crippen molar-refractivity contribution in [3.63, 3.8) is 0 Å². The van der Waals surface area contributed by atoms with Crippen LogP contribution in [0.4, 0.5) is 18.9 Å². The van der Waals surface area contributed by atoms with Crippen LogP contribution in [0.2, 0.25) is 10.0 Å². The maximum atomic E-state index is 12.7. The fourth-order valence-electron chi connectivity index (χ4n) is 2.79. The van der Waals surface area contributed by atoms with E-state index in [0.29, 0.717) is 23.1 Å². The average Bonchev–Trinajstić information content (AvgIpc) is 2.79. The summed E-state index contributed by atoms with van der Waals surface area (Å²) >= 11 is 12.1. The molecule has 190 valence electrons. The molecule has 0 radical (unpaired) electrons. The molecule has 0 saturated carbocycles. The van der Waals surface area contributed by atoms with Crippen molar-refractivity contribution >= 4 is 41.3 Å². The number of carboxylic acid groups (broad SMARTS) is 1. The first-order valence-corrected chi connectivity index (χ1v) is 11.2. The lowest BCUT2D eigenvalue weighted by Crippen LogP contribution is -2.25. The van der Waals surface area contributed by atoms with Crippen LogP contribution in [0.15, 0.2) is 36.4 Å². The second-order valence-electron chi connectivity index (χ2n) is 6.88. The molecule has 0 unspecified atom stereocenters. The van der Waals surface area contributed by atoms with Gasteiger partial charge in [-0.15, -0.1) is 0 Å². The SMILES string of the molecule is CCN(CC)CCCOc1ccc(NC(=O)C#Cc2ccc(C(F)(F)F)cc2Cl)cc1Cl.O=CO. The van der Waals surface area contributed by atoms with Crippen LogP contribution in [-0.4, -0.2) is 48.6 Å². The van der Waals surface area contributed by atoms with Crippen molar-refractivity contribution in [2.24, 2.45) is 0 Å². The molecule has 0 atom stereocenters. The Morgan fingerprint density at radius 3 is 2.34 bits per heavy atom. The predicted octanol–water partition coefficient (Wildman–Crippen LogP) is 5.81. The Morgan fingerprint density at radius 1 is 1.14 bits per heavy atom. The highest BCUT2D eigenvalue weighted by Gasteiger charge is 2.30. The number of halogens is 5. The zero-order valence-electron chi connectivity index (χ0n) is 19.1. The molecule has 2 aromatic rings. The number of nitrogens with zero attached hydrogens (tertiary/aromatic N) is 1. The third-order valence-electron chi connectivity index (χ3n) is 4.57. The maximum Gasteiger partial charge on any atom is 0.416 e. The van der Waals surface area contributed by atoms with Gasteiger partial charge in [-0.05, 0) is 55.9 Å². The number of carbonyl (C=O) groups excluding carboxylic acids is 1. The summed E-state index contributed by atoms with van der Waals surface area (Å²) in [7, 11) is 0. The molecule has 0 spiro atoms. The molecule has 0 aliphatic heterocycles. The second-order valence-corrected chi connectivity index (χ2v) is 7.69. The second kappa shape index (κ2) is 15.1. The molecule has 0 saturated heterocycles. The van der Waals surface area contributed by atoms with E-state index in [9.17, 15) is 18.0 Å². The molecule has 0 heterocycles. The van der Waals surface area contributed by atoms with E-state index in [1.807, 2.05) is 0 Å². The van der Waals surface area contributed by atoms with E-state index in [2.05, 4.69) is 35.9 Å². The van der Waals surface area contributed by atoms with Crippen molar-refractivity contribution in [1.29, 1.82) is 0 Å². The highest BCUT2D eigenvalue weighted by molar-refractivity contribution is 6.32. The van der Waals surface area contributed by atoms with Crippen LogP contribution < -0.4 is 10.1 Å². The van der Waals surface area contributed by atoms with Gasteiger partial charge < -0.3 is 20.1 Å². The Balaban J connectivity index is 0.00000194. The van der Waals surface area contributed by atoms with Crippen LogP contribution in [0, 0.1) is 11.8 Å². The molecule has 0 fully saturated rings. The molecule has 0 aliphatic rings. The molecule has 2 N–H and O–H groups in total. The first-order chi connectivity index (χ1) is 16.5. The van der Waals surface area contributed by atoms with E-state index < -0.39 is 17.6 Å². The van der Waals surface area contributed by atoms with Gasteiger partial charge in [0.1, 0.15) is 5.75 Å². The Morgan fingerprint density at radius 2 is 1.80 bits per heavy atom. The summed E-state index contributed by atoms with van der Waals surface area (Å²) in [6.45, 7) is 7.38. The van der Waals surface area contributed by atoms with E-state index in [4.69, 9.17) is 37.8 Å². The van der Waals surface area contributed by atoms with Crippen molar-refractivity contribution in [2.75, 3.05) is 31.6 Å². The van der Waals surface area contributed by atoms with Crippen molar-refractivity contribution in [3.05, 3.63) is 57.6 Å². The first kappa shape index (κ1) is 30.1. The van der Waals surface area contributed by atoms with Crippen LogP contribution in [-0.2, 0) is 15.8 Å². The van der Waals surface area contributed by atoms with E-state index in [0.717, 1.165) is 44.3 Å². The number of hydrogen-bond donors (Lipinski definition) is 2. The summed E-state index contributed by atoms with van der Waals surface area (Å²) in [5.41, 5.74) is -0.368. The molecule has 2 aromatic carbocycles. The Labute approximate surface area is 212 Å². The van der Waals surface area contributed by atoms with E-state index in [1.165, 1.54) is 6.07 Å². The first-order valence-electron chi connectivity index (χ1n) is 10.5. The Hall–Kier alpha value is -2.93. The summed E-state index contributed by atoms with van der Waals surface area (Å²) in [6, 6.07) is 7.55. The fraction of sp³-hybridized carbons (Fsp3) is 0.333. The standard InChI is InChI=1S/C23H23Cl2F3N2O2.CH2O2/c1-3-30(4-2)12-5-13-32-21-10-9-18(15-20(21)25)29-22(31)11-7-16-6-8-17(14-19(16)24)23(26,27)28;2-1-3/h6,8-10,14-15H,3-5,12-13H2,1-2H3,(H,29,31);1H,(H,2,3). The van der Waals surface area contributed by atoms with Gasteiger partial charge >= 0.3 is 12.1 Å². The van der Waals surface area contributed by atoms with Crippen LogP contribution in [0.3, 0.4) is 0 Å². The number of benzene rings is 2. The summed E-state index contributed by atoms with van der Waals surface area (Å²) in [5.74, 6) is 4.61. The average molecular weight is 533 g/mol. The summed E-state index contributed by atoms with van der Waals surface area (Å²) in [5, 5.41) is 9.59. The molecule has 6 nitrogen and oxygen atoms in total. The molecule has 0 aliphatic carbocycles. The Kier molecular flexibility index (Phi) is 13.0. The number of nitrogens with one attached hydrogen (secondary N) is 1. The van der Waals surface area contributed by atoms with Crippen molar-refractivity contribution < 1.29 is 32.6 Å². The lowest BCUT2D eigenvalue weighted by Gasteiger charge is -2.18. The van der Waals surface area contributed by atoms with Crippen molar-refractivity contribution in [3.8, 4) is 17.6 Å². The quantitative estimate of drug-likeness (QED) is 0.254. The fourth-order valence-corrected chi connectivity index (χ4v) is 3.25. The Bertz CT molecular complexity index is 1050. The molecule has 0 bridgehead atoms. The van der Waals surface area contributed by atoms with Crippen LogP contribution in [0.1, 0.15) is 31.4 Å². The molecular formula is C24H25Cl2F3N2O4. The van der Waals surface area contributed by atoms with Gasteiger partial charge in [-0.1, -0.05) is 43.0 Å². The van der Waals surface area contributed by atoms with Gasteiger partial charge in [0.05, 0.1) is 22.2 Å². The number of amides is 1. The van der Waals surface area contributed by atoms with E-state index in [-0.39, 0.29) is 17.1 Å². The third kappa shape index (κ3) is 10.9. The molecule has 0 aromatic heterocycles. The zero-order valence-corrected chi connectivity index (χ0v) is 20.6. The highest BCUT2D eigenvalue weighted by Crippen LogP contribution is 2.32. The number of rotatable bonds is 8. The molecule has 35 heavy (non-hydrogen) atoms. The molecule has 1 amide bonds. The van der Waals surface area contributed by atoms with Crippen molar-refractivity contribution in [1.82, 2.24) is 4.90 Å². The van der Waals surface area contributed by atoms with Gasteiger partial charge in [-0.2, -0.15) is 13.2 Å². The highest BCUT2D eigenvalue weighted by atomic mass is 35.5. The summed E-state index contributed by atoms with van der Waals surface area (Å²) < 4.78 is 43.7. The lowest BCUT2D eigenvalue weighted by molar-refractivity contribution is -0.137. The molecule has 11 heteroatoms. The summed E-state index contributed by atoms with van der Waals surface area (Å²) in [4.78, 5) is 22.7.